The van der Waals surface area contributed by atoms with Crippen molar-refractivity contribution in [3.63, 3.8) is 0 Å². The van der Waals surface area contributed by atoms with Crippen molar-refractivity contribution < 1.29 is 13.2 Å². The molecule has 1 saturated heterocycles. The largest absolute Gasteiger partial charge is 0.378 e. The minimum atomic E-state index is -3.20. The first-order valence-corrected chi connectivity index (χ1v) is 11.5. The number of benzene rings is 2. The Bertz CT molecular complexity index is 1070. The van der Waals surface area contributed by atoms with Crippen molar-refractivity contribution in [1.29, 1.82) is 0 Å². The number of H-pyrrole nitrogens is 1. The number of nitrogens with one attached hydrogen (secondary N) is 1. The van der Waals surface area contributed by atoms with Gasteiger partial charge in [-0.1, -0.05) is 42.0 Å². The van der Waals surface area contributed by atoms with E-state index >= 15 is 0 Å². The van der Waals surface area contributed by atoms with E-state index in [-0.39, 0.29) is 6.04 Å². The Kier molecular flexibility index (Phi) is 5.54. The fourth-order valence-corrected chi connectivity index (χ4v) is 4.17. The van der Waals surface area contributed by atoms with Crippen LogP contribution in [0.4, 0.5) is 0 Å². The average Bonchev–Trinajstić information content (AvgIpc) is 3.20. The summed E-state index contributed by atoms with van der Waals surface area (Å²) in [6.45, 7) is 5.08. The second-order valence-electron chi connectivity index (χ2n) is 7.53. The summed E-state index contributed by atoms with van der Waals surface area (Å²) >= 11 is 0. The second-order valence-corrected chi connectivity index (χ2v) is 9.54. The number of hydrogen-bond donors (Lipinski definition) is 1. The molecule has 6 nitrogen and oxygen atoms in total. The number of aromatic amines is 1. The fraction of sp³-hybridized carbons (Fsp3) is 0.318. The van der Waals surface area contributed by atoms with Crippen molar-refractivity contribution >= 4 is 9.84 Å². The molecule has 2 heterocycles. The van der Waals surface area contributed by atoms with E-state index in [0.717, 1.165) is 30.2 Å². The number of aromatic nitrogens is 2. The molecule has 29 heavy (non-hydrogen) atoms. The van der Waals surface area contributed by atoms with Gasteiger partial charge < -0.3 is 9.72 Å². The van der Waals surface area contributed by atoms with E-state index in [1.807, 2.05) is 0 Å². The monoisotopic (exact) mass is 411 g/mol. The highest BCUT2D eigenvalue weighted by molar-refractivity contribution is 7.90. The predicted molar refractivity (Wildman–Crippen MR) is 112 cm³/mol. The number of morpholine rings is 1. The average molecular weight is 412 g/mol. The maximum absolute atomic E-state index is 11.7. The van der Waals surface area contributed by atoms with Gasteiger partial charge in [0.2, 0.25) is 0 Å². The predicted octanol–water partition coefficient (Wildman–Crippen LogP) is 3.36. The first kappa shape index (κ1) is 19.8. The third kappa shape index (κ3) is 4.58. The highest BCUT2D eigenvalue weighted by Gasteiger charge is 2.27. The van der Waals surface area contributed by atoms with E-state index in [9.17, 15) is 8.42 Å². The molecule has 1 aliphatic heterocycles. The van der Waals surface area contributed by atoms with Crippen molar-refractivity contribution in [2.24, 2.45) is 0 Å². The molecule has 0 spiro atoms. The fourth-order valence-electron chi connectivity index (χ4n) is 3.54. The molecule has 1 aliphatic rings. The second kappa shape index (κ2) is 8.10. The minimum Gasteiger partial charge on any atom is -0.378 e. The molecule has 1 aromatic heterocycles. The summed E-state index contributed by atoms with van der Waals surface area (Å²) in [5.74, 6) is 0.860. The number of rotatable bonds is 5. The highest BCUT2D eigenvalue weighted by atomic mass is 32.2. The van der Waals surface area contributed by atoms with Crippen LogP contribution >= 0.6 is 0 Å². The molecular formula is C22H25N3O3S. The Hall–Kier alpha value is -2.48. The molecule has 3 aromatic rings. The van der Waals surface area contributed by atoms with Crippen LogP contribution in [0.5, 0.6) is 0 Å². The maximum atomic E-state index is 11.7. The van der Waals surface area contributed by atoms with E-state index in [4.69, 9.17) is 4.74 Å². The van der Waals surface area contributed by atoms with Gasteiger partial charge in [0.1, 0.15) is 5.82 Å². The van der Waals surface area contributed by atoms with E-state index in [1.54, 1.807) is 30.5 Å². The first-order chi connectivity index (χ1) is 13.9. The number of ether oxygens (including phenoxy) is 1. The molecule has 7 heteroatoms. The van der Waals surface area contributed by atoms with Crippen molar-refractivity contribution in [3.05, 3.63) is 71.7 Å². The summed E-state index contributed by atoms with van der Waals surface area (Å²) in [4.78, 5) is 10.7. The zero-order valence-electron chi connectivity index (χ0n) is 16.6. The summed E-state index contributed by atoms with van der Waals surface area (Å²) in [5, 5.41) is 0. The number of aryl methyl sites for hydroxylation is 1. The Balaban J connectivity index is 1.54. The van der Waals surface area contributed by atoms with Crippen LogP contribution in [0, 0.1) is 6.92 Å². The summed E-state index contributed by atoms with van der Waals surface area (Å²) in [6.07, 6.45) is 3.01. The zero-order valence-corrected chi connectivity index (χ0v) is 17.4. The maximum Gasteiger partial charge on any atom is 0.175 e. The van der Waals surface area contributed by atoms with Crippen LogP contribution in [0.1, 0.15) is 23.0 Å². The lowest BCUT2D eigenvalue weighted by Gasteiger charge is -2.34. The van der Waals surface area contributed by atoms with Crippen LogP contribution in [-0.2, 0) is 21.1 Å². The van der Waals surface area contributed by atoms with Crippen LogP contribution in [0.3, 0.4) is 0 Å². The normalized spacial score (nSPS) is 18.1. The molecule has 0 aliphatic carbocycles. The molecule has 1 atom stereocenters. The van der Waals surface area contributed by atoms with Crippen LogP contribution in [0.25, 0.3) is 11.3 Å². The van der Waals surface area contributed by atoms with Gasteiger partial charge in [-0.2, -0.15) is 0 Å². The van der Waals surface area contributed by atoms with Crippen LogP contribution in [0.15, 0.2) is 59.6 Å². The highest BCUT2D eigenvalue weighted by Crippen LogP contribution is 2.27. The van der Waals surface area contributed by atoms with Gasteiger partial charge in [0.25, 0.3) is 0 Å². The van der Waals surface area contributed by atoms with Gasteiger partial charge in [-0.25, -0.2) is 13.4 Å². The summed E-state index contributed by atoms with van der Waals surface area (Å²) in [7, 11) is -3.20. The zero-order chi connectivity index (χ0) is 20.4. The molecule has 1 unspecified atom stereocenters. The molecule has 1 fully saturated rings. The molecule has 0 saturated carbocycles. The Morgan fingerprint density at radius 2 is 1.86 bits per heavy atom. The van der Waals surface area contributed by atoms with Crippen LogP contribution in [-0.4, -0.2) is 49.3 Å². The first-order valence-electron chi connectivity index (χ1n) is 9.63. The molecule has 0 radical (unpaired) electrons. The van der Waals surface area contributed by atoms with E-state index < -0.39 is 9.84 Å². The summed E-state index contributed by atoms with van der Waals surface area (Å²) in [5.41, 5.74) is 4.29. The SMILES string of the molecule is Cc1ccc(CN2CCOCC2c2ncc(-c3ccc(S(C)(=O)=O)cc3)[nH]2)cc1. The molecule has 0 amide bonds. The lowest BCUT2D eigenvalue weighted by Crippen LogP contribution is -2.39. The van der Waals surface area contributed by atoms with Gasteiger partial charge in [-0.05, 0) is 30.2 Å². The topological polar surface area (TPSA) is 75.3 Å². The molecule has 4 rings (SSSR count). The lowest BCUT2D eigenvalue weighted by atomic mass is 10.1. The third-order valence-electron chi connectivity index (χ3n) is 5.25. The van der Waals surface area contributed by atoms with Gasteiger partial charge in [0, 0.05) is 19.3 Å². The van der Waals surface area contributed by atoms with E-state index in [1.165, 1.54) is 17.4 Å². The number of nitrogens with zero attached hydrogens (tertiary/aromatic N) is 2. The smallest absolute Gasteiger partial charge is 0.175 e. The molecule has 152 valence electrons. The number of hydrogen-bond acceptors (Lipinski definition) is 5. The van der Waals surface area contributed by atoms with E-state index in [2.05, 4.69) is 46.1 Å². The van der Waals surface area contributed by atoms with Gasteiger partial charge in [0.15, 0.2) is 9.84 Å². The van der Waals surface area contributed by atoms with Crippen molar-refractivity contribution in [2.75, 3.05) is 26.0 Å². The Morgan fingerprint density at radius 1 is 1.14 bits per heavy atom. The quantitative estimate of drug-likeness (QED) is 0.697. The van der Waals surface area contributed by atoms with Gasteiger partial charge >= 0.3 is 0 Å². The van der Waals surface area contributed by atoms with Crippen LogP contribution in [0.2, 0.25) is 0 Å². The lowest BCUT2D eigenvalue weighted by molar-refractivity contribution is -0.0156. The van der Waals surface area contributed by atoms with Crippen molar-refractivity contribution in [3.8, 4) is 11.3 Å². The standard InChI is InChI=1S/C22H25N3O3S/c1-16-3-5-17(6-4-16)14-25-11-12-28-15-21(25)22-23-13-20(24-22)18-7-9-19(10-8-18)29(2,26)27/h3-10,13,21H,11-12,14-15H2,1-2H3,(H,23,24). The molecule has 1 N–H and O–H groups in total. The number of imidazole rings is 1. The van der Waals surface area contributed by atoms with Crippen molar-refractivity contribution in [2.45, 2.75) is 24.4 Å². The molecule has 0 bridgehead atoms. The van der Waals surface area contributed by atoms with E-state index in [0.29, 0.717) is 18.1 Å². The molecule has 2 aromatic carbocycles. The third-order valence-corrected chi connectivity index (χ3v) is 6.38. The summed E-state index contributed by atoms with van der Waals surface area (Å²) in [6, 6.07) is 15.5. The Morgan fingerprint density at radius 3 is 2.55 bits per heavy atom. The van der Waals surface area contributed by atoms with Crippen LogP contribution < -0.4 is 0 Å². The summed E-state index contributed by atoms with van der Waals surface area (Å²) < 4.78 is 29.0. The van der Waals surface area contributed by atoms with Gasteiger partial charge in [-0.15, -0.1) is 0 Å². The van der Waals surface area contributed by atoms with Crippen molar-refractivity contribution in [1.82, 2.24) is 14.9 Å². The van der Waals surface area contributed by atoms with Gasteiger partial charge in [-0.3, -0.25) is 4.90 Å². The Labute approximate surface area is 171 Å². The molecular weight excluding hydrogens is 386 g/mol. The van der Waals surface area contributed by atoms with Gasteiger partial charge in [0.05, 0.1) is 36.0 Å². The minimum absolute atomic E-state index is 0.0501. The number of sulfone groups is 1.